The largest absolute Gasteiger partial charge is 0.380 e. The van der Waals surface area contributed by atoms with E-state index in [1.165, 1.54) is 16.7 Å². The van der Waals surface area contributed by atoms with Crippen molar-refractivity contribution < 1.29 is 4.74 Å². The number of benzene rings is 1. The summed E-state index contributed by atoms with van der Waals surface area (Å²) in [6.45, 7) is 3.43. The third-order valence-electron chi connectivity index (χ3n) is 4.68. The van der Waals surface area contributed by atoms with Crippen molar-refractivity contribution in [3.8, 4) is 0 Å². The Morgan fingerprint density at radius 2 is 2.08 bits per heavy atom. The van der Waals surface area contributed by atoms with Crippen molar-refractivity contribution in [2.45, 2.75) is 25.5 Å². The van der Waals surface area contributed by atoms with Gasteiger partial charge in [0.25, 0.3) is 0 Å². The lowest BCUT2D eigenvalue weighted by molar-refractivity contribution is 0.185. The number of methoxy groups -OCH3 is 1. The molecule has 1 aliphatic rings. The van der Waals surface area contributed by atoms with Crippen molar-refractivity contribution in [2.75, 3.05) is 27.2 Å². The molecular weight excluding hydrogens is 314 g/mol. The Hall–Kier alpha value is -2.34. The highest BCUT2D eigenvalue weighted by atomic mass is 16.5. The van der Waals surface area contributed by atoms with E-state index in [1.807, 2.05) is 25.0 Å². The Bertz CT molecular complexity index is 707. The van der Waals surface area contributed by atoms with Crippen LogP contribution in [-0.4, -0.2) is 47.9 Å². The average molecular weight is 341 g/mol. The monoisotopic (exact) mass is 341 g/mol. The highest BCUT2D eigenvalue weighted by Crippen LogP contribution is 2.26. The van der Waals surface area contributed by atoms with Gasteiger partial charge in [0.15, 0.2) is 5.96 Å². The van der Waals surface area contributed by atoms with E-state index < -0.39 is 0 Å². The average Bonchev–Trinajstić information content (AvgIpc) is 3.26. The van der Waals surface area contributed by atoms with E-state index in [0.717, 1.165) is 32.0 Å². The van der Waals surface area contributed by atoms with Crippen LogP contribution in [0.1, 0.15) is 29.0 Å². The predicted octanol–water partition coefficient (Wildman–Crippen LogP) is 2.13. The molecule has 3 rings (SSSR count). The number of rotatable bonds is 5. The molecule has 1 atom stereocenters. The van der Waals surface area contributed by atoms with Gasteiger partial charge >= 0.3 is 0 Å². The first-order chi connectivity index (χ1) is 12.2. The number of nitrogens with one attached hydrogen (secondary N) is 1. The van der Waals surface area contributed by atoms with E-state index in [2.05, 4.69) is 50.8 Å². The summed E-state index contributed by atoms with van der Waals surface area (Å²) in [5, 5.41) is 7.77. The predicted molar refractivity (Wildman–Crippen MR) is 99.5 cm³/mol. The van der Waals surface area contributed by atoms with Crippen LogP contribution in [-0.2, 0) is 24.9 Å². The van der Waals surface area contributed by atoms with Gasteiger partial charge in [0.2, 0.25) is 0 Å². The molecule has 1 aromatic carbocycles. The highest BCUT2D eigenvalue weighted by Gasteiger charge is 2.26. The van der Waals surface area contributed by atoms with Crippen LogP contribution in [0.5, 0.6) is 0 Å². The van der Waals surface area contributed by atoms with E-state index >= 15 is 0 Å². The van der Waals surface area contributed by atoms with E-state index in [9.17, 15) is 0 Å². The summed E-state index contributed by atoms with van der Waals surface area (Å²) in [5.74, 6) is 1.49. The molecule has 0 radical (unpaired) electrons. The van der Waals surface area contributed by atoms with Crippen LogP contribution >= 0.6 is 0 Å². The molecule has 0 aliphatic carbocycles. The number of aliphatic imine (C=N–C) groups is 1. The molecule has 1 aliphatic heterocycles. The van der Waals surface area contributed by atoms with E-state index in [4.69, 9.17) is 4.74 Å². The summed E-state index contributed by atoms with van der Waals surface area (Å²) in [6, 6.07) is 8.49. The van der Waals surface area contributed by atoms with Gasteiger partial charge in [-0.05, 0) is 23.1 Å². The number of ether oxygens (including phenoxy) is 1. The number of hydrogen-bond donors (Lipinski definition) is 1. The minimum absolute atomic E-state index is 0.528. The molecule has 134 valence electrons. The molecule has 0 bridgehead atoms. The number of aryl methyl sites for hydroxylation is 1. The van der Waals surface area contributed by atoms with Gasteiger partial charge < -0.3 is 15.0 Å². The van der Waals surface area contributed by atoms with Crippen LogP contribution in [0, 0.1) is 0 Å². The van der Waals surface area contributed by atoms with Gasteiger partial charge in [-0.1, -0.05) is 24.3 Å². The first kappa shape index (κ1) is 17.5. The number of hydrogen-bond acceptors (Lipinski definition) is 3. The van der Waals surface area contributed by atoms with E-state index in [1.54, 1.807) is 7.11 Å². The maximum atomic E-state index is 5.15. The summed E-state index contributed by atoms with van der Waals surface area (Å²) >= 11 is 0. The van der Waals surface area contributed by atoms with Crippen LogP contribution in [0.4, 0.5) is 0 Å². The molecule has 6 nitrogen and oxygen atoms in total. The second-order valence-corrected chi connectivity index (χ2v) is 6.53. The zero-order valence-corrected chi connectivity index (χ0v) is 15.3. The molecule has 2 heterocycles. The Morgan fingerprint density at radius 1 is 1.32 bits per heavy atom. The lowest BCUT2D eigenvalue weighted by atomic mass is 10.0. The standard InChI is InChI=1S/C19H27N5O/c1-20-19(21-10-15-4-6-16(7-5-15)14-25-3)24-9-8-17(13-24)18-11-22-23(2)12-18/h4-7,11-12,17H,8-10,13-14H2,1-3H3,(H,20,21). The van der Waals surface area contributed by atoms with Crippen molar-refractivity contribution in [3.63, 3.8) is 0 Å². The zero-order chi connectivity index (χ0) is 17.6. The molecule has 0 amide bonds. The van der Waals surface area contributed by atoms with Crippen molar-refractivity contribution in [1.29, 1.82) is 0 Å². The first-order valence-electron chi connectivity index (χ1n) is 8.70. The van der Waals surface area contributed by atoms with Crippen LogP contribution in [0.3, 0.4) is 0 Å². The Balaban J connectivity index is 1.54. The highest BCUT2D eigenvalue weighted by molar-refractivity contribution is 5.80. The molecule has 1 N–H and O–H groups in total. The fourth-order valence-electron chi connectivity index (χ4n) is 3.31. The maximum Gasteiger partial charge on any atom is 0.193 e. The minimum atomic E-state index is 0.528. The van der Waals surface area contributed by atoms with Gasteiger partial charge in [-0.3, -0.25) is 9.67 Å². The summed E-state index contributed by atoms with van der Waals surface area (Å²) < 4.78 is 7.02. The van der Waals surface area contributed by atoms with Crippen molar-refractivity contribution in [1.82, 2.24) is 20.0 Å². The molecule has 2 aromatic rings. The number of likely N-dealkylation sites (tertiary alicyclic amines) is 1. The molecule has 1 aromatic heterocycles. The third-order valence-corrected chi connectivity index (χ3v) is 4.68. The van der Waals surface area contributed by atoms with Crippen molar-refractivity contribution in [2.24, 2.45) is 12.0 Å². The van der Waals surface area contributed by atoms with Crippen LogP contribution in [0.25, 0.3) is 0 Å². The second kappa shape index (κ2) is 8.16. The lowest BCUT2D eigenvalue weighted by Gasteiger charge is -2.21. The molecule has 0 saturated carbocycles. The molecule has 6 heteroatoms. The molecule has 25 heavy (non-hydrogen) atoms. The minimum Gasteiger partial charge on any atom is -0.380 e. The van der Waals surface area contributed by atoms with E-state index in [-0.39, 0.29) is 0 Å². The Labute approximate surface area is 149 Å². The van der Waals surface area contributed by atoms with Gasteiger partial charge in [0.1, 0.15) is 0 Å². The van der Waals surface area contributed by atoms with Crippen LogP contribution < -0.4 is 5.32 Å². The van der Waals surface area contributed by atoms with Gasteiger partial charge in [0.05, 0.1) is 12.8 Å². The second-order valence-electron chi connectivity index (χ2n) is 6.53. The SMILES string of the molecule is CN=C(NCc1ccc(COC)cc1)N1CCC(c2cnn(C)c2)C1. The number of nitrogens with zero attached hydrogens (tertiary/aromatic N) is 4. The topological polar surface area (TPSA) is 54.7 Å². The quantitative estimate of drug-likeness (QED) is 0.669. The number of aromatic nitrogens is 2. The fourth-order valence-corrected chi connectivity index (χ4v) is 3.31. The summed E-state index contributed by atoms with van der Waals surface area (Å²) in [7, 11) is 5.53. The van der Waals surface area contributed by atoms with Gasteiger partial charge in [-0.25, -0.2) is 0 Å². The molecule has 1 unspecified atom stereocenters. The van der Waals surface area contributed by atoms with Gasteiger partial charge in [0, 0.05) is 53.0 Å². The normalized spacial score (nSPS) is 18.0. The lowest BCUT2D eigenvalue weighted by Crippen LogP contribution is -2.39. The Morgan fingerprint density at radius 3 is 2.72 bits per heavy atom. The summed E-state index contributed by atoms with van der Waals surface area (Å²) in [5.41, 5.74) is 3.74. The molecule has 1 fully saturated rings. The van der Waals surface area contributed by atoms with Crippen molar-refractivity contribution >= 4 is 5.96 Å². The van der Waals surface area contributed by atoms with Crippen LogP contribution in [0.15, 0.2) is 41.7 Å². The maximum absolute atomic E-state index is 5.15. The number of guanidine groups is 1. The smallest absolute Gasteiger partial charge is 0.193 e. The first-order valence-corrected chi connectivity index (χ1v) is 8.70. The van der Waals surface area contributed by atoms with Gasteiger partial charge in [-0.2, -0.15) is 5.10 Å². The summed E-state index contributed by atoms with van der Waals surface area (Å²) in [6.07, 6.45) is 5.23. The third kappa shape index (κ3) is 4.39. The molecule has 1 saturated heterocycles. The Kier molecular flexibility index (Phi) is 5.71. The molecular formula is C19H27N5O. The zero-order valence-electron chi connectivity index (χ0n) is 15.3. The van der Waals surface area contributed by atoms with E-state index in [0.29, 0.717) is 12.5 Å². The van der Waals surface area contributed by atoms with Gasteiger partial charge in [-0.15, -0.1) is 0 Å². The van der Waals surface area contributed by atoms with Crippen molar-refractivity contribution in [3.05, 3.63) is 53.3 Å². The molecule has 0 spiro atoms. The van der Waals surface area contributed by atoms with Crippen LogP contribution in [0.2, 0.25) is 0 Å². The summed E-state index contributed by atoms with van der Waals surface area (Å²) in [4.78, 5) is 6.79. The fraction of sp³-hybridized carbons (Fsp3) is 0.474.